The zero-order valence-electron chi connectivity index (χ0n) is 12.5. The first-order valence-corrected chi connectivity index (χ1v) is 7.68. The molecule has 1 N–H and O–H groups in total. The van der Waals surface area contributed by atoms with Crippen LogP contribution >= 0.6 is 0 Å². The molecule has 2 atom stereocenters. The SMILES string of the molecule is CC1CCC(CO)CN1Cc1ccc(-n2ccnc2)cc1. The topological polar surface area (TPSA) is 41.3 Å². The summed E-state index contributed by atoms with van der Waals surface area (Å²) in [5.41, 5.74) is 2.46. The highest BCUT2D eigenvalue weighted by Crippen LogP contribution is 2.23. The summed E-state index contributed by atoms with van der Waals surface area (Å²) in [6.07, 6.45) is 7.88. The minimum atomic E-state index is 0.308. The second-order valence-electron chi connectivity index (χ2n) is 6.04. The van der Waals surface area contributed by atoms with Gasteiger partial charge in [-0.05, 0) is 43.4 Å². The monoisotopic (exact) mass is 285 g/mol. The molecule has 2 aromatic rings. The molecule has 1 aromatic carbocycles. The number of nitrogens with zero attached hydrogens (tertiary/aromatic N) is 3. The van der Waals surface area contributed by atoms with E-state index >= 15 is 0 Å². The van der Waals surface area contributed by atoms with Gasteiger partial charge in [0.1, 0.15) is 0 Å². The van der Waals surface area contributed by atoms with Crippen molar-refractivity contribution in [1.29, 1.82) is 0 Å². The number of benzene rings is 1. The Kier molecular flexibility index (Phi) is 4.36. The summed E-state index contributed by atoms with van der Waals surface area (Å²) in [6.45, 7) is 4.55. The zero-order valence-corrected chi connectivity index (χ0v) is 12.5. The van der Waals surface area contributed by atoms with Crippen LogP contribution in [0.4, 0.5) is 0 Å². The van der Waals surface area contributed by atoms with Gasteiger partial charge in [-0.2, -0.15) is 0 Å². The lowest BCUT2D eigenvalue weighted by Gasteiger charge is -2.37. The van der Waals surface area contributed by atoms with Gasteiger partial charge in [0.05, 0.1) is 6.33 Å². The molecule has 112 valence electrons. The number of imidazole rings is 1. The standard InChI is InChI=1S/C17H23N3O/c1-14-2-3-16(12-21)11-20(14)10-15-4-6-17(7-5-15)19-9-8-18-13-19/h4-9,13-14,16,21H,2-3,10-12H2,1H3. The highest BCUT2D eigenvalue weighted by atomic mass is 16.3. The summed E-state index contributed by atoms with van der Waals surface area (Å²) in [4.78, 5) is 6.56. The molecule has 0 spiro atoms. The quantitative estimate of drug-likeness (QED) is 0.938. The molecular weight excluding hydrogens is 262 g/mol. The Hall–Kier alpha value is -1.65. The third-order valence-electron chi connectivity index (χ3n) is 4.49. The number of likely N-dealkylation sites (tertiary alicyclic amines) is 1. The van der Waals surface area contributed by atoms with Crippen molar-refractivity contribution in [3.63, 3.8) is 0 Å². The zero-order chi connectivity index (χ0) is 14.7. The Morgan fingerprint density at radius 1 is 1.24 bits per heavy atom. The van der Waals surface area contributed by atoms with Crippen molar-refractivity contribution >= 4 is 0 Å². The fraction of sp³-hybridized carbons (Fsp3) is 0.471. The van der Waals surface area contributed by atoms with E-state index in [1.807, 2.05) is 17.1 Å². The van der Waals surface area contributed by atoms with Gasteiger partial charge in [0.2, 0.25) is 0 Å². The smallest absolute Gasteiger partial charge is 0.0991 e. The Morgan fingerprint density at radius 3 is 2.71 bits per heavy atom. The average Bonchev–Trinajstić information content (AvgIpc) is 3.04. The van der Waals surface area contributed by atoms with E-state index in [0.717, 1.165) is 25.2 Å². The number of aromatic nitrogens is 2. The van der Waals surface area contributed by atoms with Crippen LogP contribution in [0.5, 0.6) is 0 Å². The van der Waals surface area contributed by atoms with Gasteiger partial charge < -0.3 is 9.67 Å². The summed E-state index contributed by atoms with van der Waals surface area (Å²) < 4.78 is 2.01. The van der Waals surface area contributed by atoms with Crippen molar-refractivity contribution in [3.8, 4) is 5.69 Å². The average molecular weight is 285 g/mol. The van der Waals surface area contributed by atoms with Gasteiger partial charge in [-0.3, -0.25) is 4.90 Å². The number of hydrogen-bond donors (Lipinski definition) is 1. The third-order valence-corrected chi connectivity index (χ3v) is 4.49. The number of aliphatic hydroxyl groups is 1. The van der Waals surface area contributed by atoms with Crippen molar-refractivity contribution in [2.75, 3.05) is 13.2 Å². The molecule has 0 aliphatic carbocycles. The molecule has 2 unspecified atom stereocenters. The summed E-state index contributed by atoms with van der Waals surface area (Å²) in [7, 11) is 0. The minimum Gasteiger partial charge on any atom is -0.396 e. The minimum absolute atomic E-state index is 0.308. The first-order valence-electron chi connectivity index (χ1n) is 7.68. The molecular formula is C17H23N3O. The van der Waals surface area contributed by atoms with Gasteiger partial charge >= 0.3 is 0 Å². The van der Waals surface area contributed by atoms with Crippen molar-refractivity contribution in [2.24, 2.45) is 5.92 Å². The molecule has 0 saturated carbocycles. The van der Waals surface area contributed by atoms with E-state index < -0.39 is 0 Å². The lowest BCUT2D eigenvalue weighted by molar-refractivity contribution is 0.0771. The Morgan fingerprint density at radius 2 is 2.05 bits per heavy atom. The fourth-order valence-corrected chi connectivity index (χ4v) is 3.05. The van der Waals surface area contributed by atoms with E-state index in [4.69, 9.17) is 0 Å². The highest BCUT2D eigenvalue weighted by molar-refractivity contribution is 5.34. The Bertz CT molecular complexity index is 550. The van der Waals surface area contributed by atoms with Crippen LogP contribution in [-0.2, 0) is 6.54 Å². The lowest BCUT2D eigenvalue weighted by Crippen LogP contribution is -2.42. The second-order valence-corrected chi connectivity index (χ2v) is 6.04. The molecule has 0 amide bonds. The van der Waals surface area contributed by atoms with E-state index in [9.17, 15) is 5.11 Å². The fourth-order valence-electron chi connectivity index (χ4n) is 3.05. The van der Waals surface area contributed by atoms with E-state index in [0.29, 0.717) is 18.6 Å². The maximum atomic E-state index is 9.37. The van der Waals surface area contributed by atoms with Crippen LogP contribution in [0.25, 0.3) is 5.69 Å². The molecule has 1 saturated heterocycles. The molecule has 1 aliphatic heterocycles. The molecule has 2 heterocycles. The molecule has 0 radical (unpaired) electrons. The highest BCUT2D eigenvalue weighted by Gasteiger charge is 2.24. The number of rotatable bonds is 4. The van der Waals surface area contributed by atoms with Crippen LogP contribution in [0, 0.1) is 5.92 Å². The van der Waals surface area contributed by atoms with Crippen LogP contribution < -0.4 is 0 Å². The number of aliphatic hydroxyl groups excluding tert-OH is 1. The molecule has 1 aliphatic rings. The van der Waals surface area contributed by atoms with Gasteiger partial charge in [0, 0.05) is 43.8 Å². The summed E-state index contributed by atoms with van der Waals surface area (Å²) in [6, 6.07) is 9.24. The molecule has 4 heteroatoms. The number of piperidine rings is 1. The molecule has 1 fully saturated rings. The van der Waals surface area contributed by atoms with E-state index in [1.54, 1.807) is 6.20 Å². The third kappa shape index (κ3) is 3.34. The first-order chi connectivity index (χ1) is 10.3. The second kappa shape index (κ2) is 6.41. The van der Waals surface area contributed by atoms with E-state index in [-0.39, 0.29) is 0 Å². The van der Waals surface area contributed by atoms with Gasteiger partial charge in [-0.15, -0.1) is 0 Å². The largest absolute Gasteiger partial charge is 0.396 e. The summed E-state index contributed by atoms with van der Waals surface area (Å²) >= 11 is 0. The first kappa shape index (κ1) is 14.3. The summed E-state index contributed by atoms with van der Waals surface area (Å²) in [5.74, 6) is 0.437. The normalized spacial score (nSPS) is 23.3. The van der Waals surface area contributed by atoms with Gasteiger partial charge in [-0.25, -0.2) is 4.98 Å². The van der Waals surface area contributed by atoms with Crippen LogP contribution in [0.15, 0.2) is 43.0 Å². The molecule has 4 nitrogen and oxygen atoms in total. The van der Waals surface area contributed by atoms with E-state index in [1.165, 1.54) is 12.0 Å². The van der Waals surface area contributed by atoms with Gasteiger partial charge in [-0.1, -0.05) is 12.1 Å². The van der Waals surface area contributed by atoms with E-state index in [2.05, 4.69) is 41.1 Å². The lowest BCUT2D eigenvalue weighted by atomic mass is 9.93. The van der Waals surface area contributed by atoms with Crippen molar-refractivity contribution in [3.05, 3.63) is 48.5 Å². The predicted octanol–water partition coefficient (Wildman–Crippen LogP) is 2.47. The summed E-state index contributed by atoms with van der Waals surface area (Å²) in [5, 5.41) is 9.37. The van der Waals surface area contributed by atoms with Crippen LogP contribution in [0.3, 0.4) is 0 Å². The maximum absolute atomic E-state index is 9.37. The van der Waals surface area contributed by atoms with Gasteiger partial charge in [0.25, 0.3) is 0 Å². The maximum Gasteiger partial charge on any atom is 0.0991 e. The molecule has 0 bridgehead atoms. The van der Waals surface area contributed by atoms with Crippen molar-refractivity contribution in [2.45, 2.75) is 32.4 Å². The molecule has 1 aromatic heterocycles. The van der Waals surface area contributed by atoms with Crippen LogP contribution in [0.1, 0.15) is 25.3 Å². The molecule has 21 heavy (non-hydrogen) atoms. The van der Waals surface area contributed by atoms with Gasteiger partial charge in [0.15, 0.2) is 0 Å². The van der Waals surface area contributed by atoms with Crippen LogP contribution in [-0.4, -0.2) is 38.8 Å². The predicted molar refractivity (Wildman–Crippen MR) is 83.2 cm³/mol. The Balaban J connectivity index is 1.67. The molecule has 3 rings (SSSR count). The van der Waals surface area contributed by atoms with Crippen LogP contribution in [0.2, 0.25) is 0 Å². The Labute approximate surface area is 126 Å². The van der Waals surface area contributed by atoms with Crippen molar-refractivity contribution in [1.82, 2.24) is 14.5 Å². The van der Waals surface area contributed by atoms with Crippen molar-refractivity contribution < 1.29 is 5.11 Å². The number of hydrogen-bond acceptors (Lipinski definition) is 3.